The van der Waals surface area contributed by atoms with Gasteiger partial charge in [-0.3, -0.25) is 24.7 Å². The number of urea groups is 1. The Morgan fingerprint density at radius 2 is 1.97 bits per heavy atom. The summed E-state index contributed by atoms with van der Waals surface area (Å²) < 4.78 is 1.89. The average molecular weight is 421 g/mol. The number of likely N-dealkylation sites (N-methyl/N-ethyl adjacent to an activating group) is 1. The van der Waals surface area contributed by atoms with Gasteiger partial charge in [-0.05, 0) is 30.4 Å². The number of carbonyl (C=O) groups is 3. The summed E-state index contributed by atoms with van der Waals surface area (Å²) >= 11 is 0. The van der Waals surface area contributed by atoms with E-state index in [1.54, 1.807) is 0 Å². The highest BCUT2D eigenvalue weighted by molar-refractivity contribution is 6.13. The van der Waals surface area contributed by atoms with E-state index in [2.05, 4.69) is 30.6 Å². The molecule has 5 rings (SSSR count). The van der Waals surface area contributed by atoms with Crippen molar-refractivity contribution >= 4 is 41.6 Å². The Morgan fingerprint density at radius 3 is 2.68 bits per heavy atom. The van der Waals surface area contributed by atoms with Crippen molar-refractivity contribution in [2.45, 2.75) is 25.3 Å². The fourth-order valence-corrected chi connectivity index (χ4v) is 3.53. The number of imidazole rings is 1. The number of carbonyl (C=O) groups excluding carboxylic acids is 3. The minimum absolute atomic E-state index is 0.00305. The summed E-state index contributed by atoms with van der Waals surface area (Å²) in [7, 11) is 1.48. The number of nitrogens with zero attached hydrogens (tertiary/aromatic N) is 7. The summed E-state index contributed by atoms with van der Waals surface area (Å²) in [6.07, 6.45) is 7.89. The maximum absolute atomic E-state index is 12.6. The van der Waals surface area contributed by atoms with Crippen molar-refractivity contribution in [3.8, 4) is 0 Å². The van der Waals surface area contributed by atoms with Gasteiger partial charge in [0, 0.05) is 19.4 Å². The summed E-state index contributed by atoms with van der Waals surface area (Å²) in [5.74, 6) is 0.646. The molecule has 1 aliphatic heterocycles. The molecule has 1 saturated carbocycles. The number of hydrogen-bond acceptors (Lipinski definition) is 8. The predicted octanol–water partition coefficient (Wildman–Crippen LogP) is 0.975. The SMILES string of the molecule is CN1C(=O)CN(c2cc(C3CC3)cn3cc(CNc4ncnc(NC=O)n4)nc23)C1=O. The number of pyridine rings is 1. The maximum Gasteiger partial charge on any atom is 0.331 e. The third-order valence-electron chi connectivity index (χ3n) is 5.32. The van der Waals surface area contributed by atoms with E-state index in [1.807, 2.05) is 22.9 Å². The summed E-state index contributed by atoms with van der Waals surface area (Å²) in [6.45, 7) is 0.314. The molecule has 158 valence electrons. The largest absolute Gasteiger partial charge is 0.348 e. The van der Waals surface area contributed by atoms with Crippen LogP contribution in [0.5, 0.6) is 0 Å². The third kappa shape index (κ3) is 3.52. The number of rotatable bonds is 7. The van der Waals surface area contributed by atoms with Crippen LogP contribution in [0.15, 0.2) is 24.8 Å². The van der Waals surface area contributed by atoms with Gasteiger partial charge in [0.1, 0.15) is 12.9 Å². The molecule has 0 spiro atoms. The molecular weight excluding hydrogens is 402 g/mol. The highest BCUT2D eigenvalue weighted by atomic mass is 16.2. The van der Waals surface area contributed by atoms with E-state index in [9.17, 15) is 14.4 Å². The van der Waals surface area contributed by atoms with E-state index in [0.29, 0.717) is 35.9 Å². The van der Waals surface area contributed by atoms with Gasteiger partial charge in [0.25, 0.3) is 0 Å². The predicted molar refractivity (Wildman–Crippen MR) is 110 cm³/mol. The highest BCUT2D eigenvalue weighted by Gasteiger charge is 2.36. The Kier molecular flexibility index (Phi) is 4.46. The number of nitrogens with one attached hydrogen (secondary N) is 2. The third-order valence-corrected chi connectivity index (χ3v) is 5.32. The molecule has 2 aliphatic rings. The van der Waals surface area contributed by atoms with Crippen molar-refractivity contribution < 1.29 is 14.4 Å². The lowest BCUT2D eigenvalue weighted by atomic mass is 10.1. The second-order valence-electron chi connectivity index (χ2n) is 7.47. The fraction of sp³-hybridized carbons (Fsp3) is 0.316. The van der Waals surface area contributed by atoms with Gasteiger partial charge in [-0.15, -0.1) is 0 Å². The van der Waals surface area contributed by atoms with Crippen LogP contribution < -0.4 is 15.5 Å². The normalized spacial score (nSPS) is 16.3. The molecule has 0 bridgehead atoms. The van der Waals surface area contributed by atoms with Crippen molar-refractivity contribution in [3.63, 3.8) is 0 Å². The maximum atomic E-state index is 12.6. The Morgan fingerprint density at radius 1 is 1.16 bits per heavy atom. The molecule has 3 aromatic rings. The zero-order valence-corrected chi connectivity index (χ0v) is 16.6. The molecule has 12 heteroatoms. The van der Waals surface area contributed by atoms with Crippen LogP contribution in [-0.2, 0) is 16.1 Å². The van der Waals surface area contributed by atoms with Crippen LogP contribution in [-0.4, -0.2) is 61.2 Å². The zero-order chi connectivity index (χ0) is 21.5. The van der Waals surface area contributed by atoms with Crippen molar-refractivity contribution in [2.75, 3.05) is 29.1 Å². The van der Waals surface area contributed by atoms with Gasteiger partial charge in [-0.2, -0.15) is 4.98 Å². The number of aromatic nitrogens is 5. The topological polar surface area (TPSA) is 138 Å². The van der Waals surface area contributed by atoms with E-state index < -0.39 is 0 Å². The van der Waals surface area contributed by atoms with Gasteiger partial charge in [-0.1, -0.05) is 0 Å². The zero-order valence-electron chi connectivity index (χ0n) is 16.6. The van der Waals surface area contributed by atoms with Gasteiger partial charge >= 0.3 is 6.03 Å². The molecule has 0 aromatic carbocycles. The minimum atomic E-state index is -0.358. The Labute approximate surface area is 176 Å². The molecule has 4 heterocycles. The van der Waals surface area contributed by atoms with Crippen LogP contribution in [0.1, 0.15) is 30.0 Å². The molecule has 2 fully saturated rings. The molecular formula is C19H19N9O3. The van der Waals surface area contributed by atoms with Crippen LogP contribution in [0, 0.1) is 0 Å². The molecule has 0 radical (unpaired) electrons. The van der Waals surface area contributed by atoms with Gasteiger partial charge in [0.15, 0.2) is 5.65 Å². The van der Waals surface area contributed by atoms with Crippen LogP contribution >= 0.6 is 0 Å². The van der Waals surface area contributed by atoms with Crippen molar-refractivity contribution in [1.29, 1.82) is 0 Å². The Bertz CT molecular complexity index is 1200. The number of anilines is 3. The number of imide groups is 1. The minimum Gasteiger partial charge on any atom is -0.348 e. The molecule has 1 saturated heterocycles. The van der Waals surface area contributed by atoms with E-state index in [-0.39, 0.29) is 30.4 Å². The van der Waals surface area contributed by atoms with Crippen LogP contribution in [0.4, 0.5) is 22.4 Å². The van der Waals surface area contributed by atoms with Crippen LogP contribution in [0.2, 0.25) is 0 Å². The molecule has 3 aromatic heterocycles. The van der Waals surface area contributed by atoms with E-state index in [4.69, 9.17) is 0 Å². The van der Waals surface area contributed by atoms with Gasteiger partial charge in [0.05, 0.1) is 17.9 Å². The Hall–Kier alpha value is -4.09. The van der Waals surface area contributed by atoms with Crippen LogP contribution in [0.3, 0.4) is 0 Å². The van der Waals surface area contributed by atoms with Gasteiger partial charge in [0.2, 0.25) is 24.2 Å². The first-order chi connectivity index (χ1) is 15.0. The summed E-state index contributed by atoms with van der Waals surface area (Å²) in [4.78, 5) is 54.4. The van der Waals surface area contributed by atoms with Gasteiger partial charge < -0.3 is 9.72 Å². The molecule has 2 N–H and O–H groups in total. The molecule has 0 atom stereocenters. The highest BCUT2D eigenvalue weighted by Crippen LogP contribution is 2.42. The van der Waals surface area contributed by atoms with Crippen LogP contribution in [0.25, 0.3) is 5.65 Å². The first kappa shape index (κ1) is 18.9. The molecule has 0 unspecified atom stereocenters. The Balaban J connectivity index is 1.46. The molecule has 1 aliphatic carbocycles. The lowest BCUT2D eigenvalue weighted by Crippen LogP contribution is -2.30. The lowest BCUT2D eigenvalue weighted by molar-refractivity contribution is -0.123. The van der Waals surface area contributed by atoms with Crippen molar-refractivity contribution in [1.82, 2.24) is 29.2 Å². The first-order valence-electron chi connectivity index (χ1n) is 9.76. The summed E-state index contributed by atoms with van der Waals surface area (Å²) in [5, 5.41) is 5.41. The molecule has 4 amide bonds. The van der Waals surface area contributed by atoms with Crippen molar-refractivity contribution in [2.24, 2.45) is 0 Å². The summed E-state index contributed by atoms with van der Waals surface area (Å²) in [5.41, 5.74) is 3.04. The van der Waals surface area contributed by atoms with Crippen molar-refractivity contribution in [3.05, 3.63) is 36.0 Å². The number of fused-ring (bicyclic) bond motifs is 1. The smallest absolute Gasteiger partial charge is 0.331 e. The van der Waals surface area contributed by atoms with E-state index in [1.165, 1.54) is 18.3 Å². The first-order valence-corrected chi connectivity index (χ1v) is 9.76. The second-order valence-corrected chi connectivity index (χ2v) is 7.47. The summed E-state index contributed by atoms with van der Waals surface area (Å²) in [6, 6.07) is 1.60. The quantitative estimate of drug-likeness (QED) is 0.425. The standard InChI is InChI=1S/C19H19N9O3/c1-26-15(30)8-28(19(26)31)14-4-12(11-2-3-11)6-27-7-13(24-16(14)27)5-20-17-21-9-22-18(25-17)23-10-29/h4,6-7,9-11H,2-3,5,8H2,1H3,(H2,20,21,22,23,25,29). The monoisotopic (exact) mass is 421 g/mol. The number of hydrogen-bond donors (Lipinski definition) is 2. The number of amides is 4. The van der Waals surface area contributed by atoms with E-state index in [0.717, 1.165) is 23.3 Å². The average Bonchev–Trinajstić information content (AvgIpc) is 3.49. The van der Waals surface area contributed by atoms with Gasteiger partial charge in [-0.25, -0.2) is 19.7 Å². The lowest BCUT2D eigenvalue weighted by Gasteiger charge is -2.17. The molecule has 31 heavy (non-hydrogen) atoms. The fourth-order valence-electron chi connectivity index (χ4n) is 3.53. The van der Waals surface area contributed by atoms with E-state index >= 15 is 0 Å². The molecule has 12 nitrogen and oxygen atoms in total. The second kappa shape index (κ2) is 7.31.